The van der Waals surface area contributed by atoms with E-state index in [0.29, 0.717) is 13.0 Å². The summed E-state index contributed by atoms with van der Waals surface area (Å²) in [7, 11) is 3.88. The monoisotopic (exact) mass is 421 g/mol. The molecule has 1 saturated heterocycles. The van der Waals surface area contributed by atoms with Crippen LogP contribution in [0.25, 0.3) is 0 Å². The van der Waals surface area contributed by atoms with Crippen molar-refractivity contribution in [2.45, 2.75) is 49.7 Å². The van der Waals surface area contributed by atoms with Crippen LogP contribution in [0.1, 0.15) is 30.9 Å². The number of halogens is 1. The average Bonchev–Trinajstić information content (AvgIpc) is 3.09. The molecule has 0 aromatic heterocycles. The Kier molecular flexibility index (Phi) is 3.74. The van der Waals surface area contributed by atoms with E-state index in [0.717, 1.165) is 35.5 Å². The van der Waals surface area contributed by atoms with Crippen molar-refractivity contribution < 1.29 is 18.9 Å². The molecule has 0 saturated carbocycles. The van der Waals surface area contributed by atoms with Crippen molar-refractivity contribution in [3.63, 3.8) is 0 Å². The third-order valence-corrected chi connectivity index (χ3v) is 6.93. The molecule has 1 aromatic carbocycles. The van der Waals surface area contributed by atoms with Gasteiger partial charge in [0.25, 0.3) is 0 Å². The summed E-state index contributed by atoms with van der Waals surface area (Å²) in [5.74, 6) is 1.03. The Morgan fingerprint density at radius 2 is 2.19 bits per heavy atom. The predicted molar refractivity (Wildman–Crippen MR) is 101 cm³/mol. The highest BCUT2D eigenvalue weighted by molar-refractivity contribution is 9.10. The minimum Gasteiger partial charge on any atom is -0.493 e. The molecule has 4 unspecified atom stereocenters. The average molecular weight is 422 g/mol. The lowest BCUT2D eigenvalue weighted by Crippen LogP contribution is -2.48. The molecule has 1 aliphatic carbocycles. The molecule has 0 bridgehead atoms. The first-order valence-corrected chi connectivity index (χ1v) is 10.0. The second kappa shape index (κ2) is 5.71. The third-order valence-electron chi connectivity index (χ3n) is 6.22. The minimum absolute atomic E-state index is 0.0127. The van der Waals surface area contributed by atoms with Gasteiger partial charge in [0.2, 0.25) is 0 Å². The Hall–Kier alpha value is -1.08. The molecule has 3 aliphatic heterocycles. The summed E-state index contributed by atoms with van der Waals surface area (Å²) in [5.41, 5.74) is 2.41. The Morgan fingerprint density at radius 3 is 2.92 bits per heavy atom. The molecule has 1 aromatic rings. The van der Waals surface area contributed by atoms with Gasteiger partial charge in [-0.05, 0) is 44.6 Å². The first-order chi connectivity index (χ1) is 12.5. The van der Waals surface area contributed by atoms with Crippen molar-refractivity contribution in [1.82, 2.24) is 4.90 Å². The van der Waals surface area contributed by atoms with Crippen LogP contribution in [-0.2, 0) is 21.4 Å². The van der Waals surface area contributed by atoms with E-state index in [1.807, 2.05) is 6.07 Å². The van der Waals surface area contributed by atoms with Gasteiger partial charge in [-0.15, -0.1) is 0 Å². The zero-order chi connectivity index (χ0) is 18.1. The molecule has 3 heterocycles. The first kappa shape index (κ1) is 17.0. The number of benzene rings is 1. The number of hydrogen-bond donors (Lipinski definition) is 0. The highest BCUT2D eigenvalue weighted by Gasteiger charge is 2.57. The fourth-order valence-corrected chi connectivity index (χ4v) is 5.48. The van der Waals surface area contributed by atoms with Gasteiger partial charge < -0.3 is 23.8 Å². The van der Waals surface area contributed by atoms with Crippen molar-refractivity contribution >= 4 is 15.9 Å². The van der Waals surface area contributed by atoms with E-state index in [-0.39, 0.29) is 17.6 Å². The molecular formula is C20H24BrNO4. The molecule has 0 radical (unpaired) electrons. The number of ether oxygens (including phenoxy) is 4. The zero-order valence-electron chi connectivity index (χ0n) is 15.4. The summed E-state index contributed by atoms with van der Waals surface area (Å²) in [5, 5.41) is 0. The van der Waals surface area contributed by atoms with Crippen LogP contribution in [0, 0.1) is 0 Å². The molecule has 5 nitrogen and oxygen atoms in total. The molecule has 4 atom stereocenters. The summed E-state index contributed by atoms with van der Waals surface area (Å²) >= 11 is 3.77. The Labute approximate surface area is 162 Å². The maximum Gasteiger partial charge on any atom is 0.191 e. The third kappa shape index (κ3) is 2.25. The lowest BCUT2D eigenvalue weighted by atomic mass is 9.68. The zero-order valence-corrected chi connectivity index (χ0v) is 17.0. The summed E-state index contributed by atoms with van der Waals surface area (Å²) < 4.78 is 25.4. The van der Waals surface area contributed by atoms with Crippen molar-refractivity contribution in [1.29, 1.82) is 0 Å². The molecule has 0 N–H and O–H groups in total. The molecule has 4 aliphatic rings. The van der Waals surface area contributed by atoms with Crippen molar-refractivity contribution in [3.05, 3.63) is 33.8 Å². The number of methoxy groups -OCH3 is 1. The van der Waals surface area contributed by atoms with E-state index in [2.05, 4.69) is 47.0 Å². The molecular weight excluding hydrogens is 398 g/mol. The SMILES string of the molecule is COc1cc(Br)c2c3c1OC1CC4(C=CC31CCN(C)C2)OCC(C)O4. The molecule has 2 spiro atoms. The van der Waals surface area contributed by atoms with E-state index in [9.17, 15) is 0 Å². The molecule has 1 fully saturated rings. The fraction of sp³-hybridized carbons (Fsp3) is 0.600. The van der Waals surface area contributed by atoms with Crippen LogP contribution in [0.15, 0.2) is 22.7 Å². The van der Waals surface area contributed by atoms with Gasteiger partial charge in [-0.3, -0.25) is 0 Å². The number of nitrogens with zero attached hydrogens (tertiary/aromatic N) is 1. The van der Waals surface area contributed by atoms with E-state index in [1.54, 1.807) is 7.11 Å². The van der Waals surface area contributed by atoms with Crippen LogP contribution < -0.4 is 9.47 Å². The van der Waals surface area contributed by atoms with Gasteiger partial charge in [0, 0.05) is 23.0 Å². The summed E-state index contributed by atoms with van der Waals surface area (Å²) in [4.78, 5) is 2.37. The molecule has 5 rings (SSSR count). The topological polar surface area (TPSA) is 40.2 Å². The van der Waals surface area contributed by atoms with Crippen LogP contribution in [0.5, 0.6) is 11.5 Å². The van der Waals surface area contributed by atoms with Crippen molar-refractivity contribution in [2.24, 2.45) is 0 Å². The number of rotatable bonds is 1. The van der Waals surface area contributed by atoms with Crippen LogP contribution in [-0.4, -0.2) is 50.2 Å². The smallest absolute Gasteiger partial charge is 0.191 e. The Balaban J connectivity index is 1.68. The quantitative estimate of drug-likeness (QED) is 0.649. The van der Waals surface area contributed by atoms with Gasteiger partial charge in [-0.2, -0.15) is 0 Å². The summed E-state index contributed by atoms with van der Waals surface area (Å²) in [6.07, 6.45) is 6.23. The minimum atomic E-state index is -0.653. The Morgan fingerprint density at radius 1 is 1.35 bits per heavy atom. The van der Waals surface area contributed by atoms with Gasteiger partial charge in [0.1, 0.15) is 6.10 Å². The van der Waals surface area contributed by atoms with Crippen molar-refractivity contribution in [3.8, 4) is 11.5 Å². The van der Waals surface area contributed by atoms with Crippen LogP contribution >= 0.6 is 15.9 Å². The second-order valence-electron chi connectivity index (χ2n) is 7.97. The summed E-state index contributed by atoms with van der Waals surface area (Å²) in [6, 6.07) is 2.03. The van der Waals surface area contributed by atoms with E-state index in [1.165, 1.54) is 11.1 Å². The number of hydrogen-bond acceptors (Lipinski definition) is 5. The standard InChI is InChI=1S/C20H24BrNO4/c1-12-11-24-20(26-12)5-4-19-6-7-22(2)10-13-14(21)8-15(23-3)18(17(13)19)25-16(19)9-20/h4-5,8,12,16H,6-7,9-11H2,1-3H3. The van der Waals surface area contributed by atoms with E-state index >= 15 is 0 Å². The summed E-state index contributed by atoms with van der Waals surface area (Å²) in [6.45, 7) is 4.59. The first-order valence-electron chi connectivity index (χ1n) is 9.23. The maximum absolute atomic E-state index is 6.54. The molecule has 0 amide bonds. The van der Waals surface area contributed by atoms with Gasteiger partial charge in [-0.25, -0.2) is 0 Å². The molecule has 26 heavy (non-hydrogen) atoms. The van der Waals surface area contributed by atoms with Crippen molar-refractivity contribution in [2.75, 3.05) is 27.3 Å². The molecule has 140 valence electrons. The lowest BCUT2D eigenvalue weighted by Gasteiger charge is -2.40. The second-order valence-corrected chi connectivity index (χ2v) is 8.82. The lowest BCUT2D eigenvalue weighted by molar-refractivity contribution is -0.154. The van der Waals surface area contributed by atoms with E-state index in [4.69, 9.17) is 18.9 Å². The van der Waals surface area contributed by atoms with Crippen LogP contribution in [0.2, 0.25) is 0 Å². The highest BCUT2D eigenvalue weighted by Crippen LogP contribution is 2.58. The van der Waals surface area contributed by atoms with Gasteiger partial charge in [-0.1, -0.05) is 22.0 Å². The van der Waals surface area contributed by atoms with E-state index < -0.39 is 5.79 Å². The van der Waals surface area contributed by atoms with Gasteiger partial charge >= 0.3 is 0 Å². The predicted octanol–water partition coefficient (Wildman–Crippen LogP) is 3.38. The largest absolute Gasteiger partial charge is 0.493 e. The normalized spacial score (nSPS) is 38.0. The van der Waals surface area contributed by atoms with Gasteiger partial charge in [0.05, 0.1) is 25.2 Å². The van der Waals surface area contributed by atoms with Crippen LogP contribution in [0.3, 0.4) is 0 Å². The Bertz CT molecular complexity index is 797. The fourth-order valence-electron chi connectivity index (χ4n) is 4.94. The van der Waals surface area contributed by atoms with Gasteiger partial charge in [0.15, 0.2) is 17.3 Å². The van der Waals surface area contributed by atoms with Crippen LogP contribution in [0.4, 0.5) is 0 Å². The molecule has 6 heteroatoms. The maximum atomic E-state index is 6.54. The highest BCUT2D eigenvalue weighted by atomic mass is 79.9.